The third-order valence-corrected chi connectivity index (χ3v) is 17.5. The number of carbonyl (C=O) groups is 8. The molecule has 2 N–H and O–H groups in total. The summed E-state index contributed by atoms with van der Waals surface area (Å²) >= 11 is 7.71. The number of imide groups is 2. The van der Waals surface area contributed by atoms with Gasteiger partial charge in [-0.2, -0.15) is 13.2 Å². The van der Waals surface area contributed by atoms with Gasteiger partial charge in [-0.25, -0.2) is 9.59 Å². The molecule has 5 heterocycles. The van der Waals surface area contributed by atoms with Gasteiger partial charge in [-0.1, -0.05) is 48.4 Å². The van der Waals surface area contributed by atoms with Crippen LogP contribution in [0.15, 0.2) is 35.9 Å². The van der Waals surface area contributed by atoms with Crippen molar-refractivity contribution in [3.8, 4) is 0 Å². The normalized spacial score (nSPS) is 32.6. The molecule has 1 aromatic rings. The van der Waals surface area contributed by atoms with Crippen LogP contribution in [0.3, 0.4) is 0 Å². The van der Waals surface area contributed by atoms with Gasteiger partial charge in [0.1, 0.15) is 36.0 Å². The molecule has 24 heteroatoms. The Morgan fingerprint density at radius 3 is 2.34 bits per heavy atom. The monoisotopic (exact) mass is 1110 g/mol. The number of hydroxylamine groups is 2. The molecule has 0 aromatic heterocycles. The minimum Gasteiger partial charge on any atom is -0.457 e. The van der Waals surface area contributed by atoms with E-state index < -0.39 is 131 Å². The van der Waals surface area contributed by atoms with Crippen molar-refractivity contribution >= 4 is 76.6 Å². The van der Waals surface area contributed by atoms with Gasteiger partial charge >= 0.3 is 24.2 Å². The van der Waals surface area contributed by atoms with E-state index in [4.69, 9.17) is 35.4 Å². The molecule has 5 aliphatic heterocycles. The molecule has 1 aliphatic carbocycles. The van der Waals surface area contributed by atoms with Gasteiger partial charge in [0.2, 0.25) is 17.7 Å². The predicted octanol–water partition coefficient (Wildman–Crippen LogP) is 5.88. The lowest BCUT2D eigenvalue weighted by Crippen LogP contribution is -2.63. The average molecular weight is 1110 g/mol. The van der Waals surface area contributed by atoms with Crippen LogP contribution in [0.4, 0.5) is 23.7 Å². The standard InChI is InChI=1S/C52H67ClF3N5O14S/c1-27-10-9-11-38(71-8)51(70)25-35(72-49(69)57-51)29(3)45-50(5,74-45)39(24-42(64)59(7)34-22-32(20-27)21-28(2)44(34)53)73-47(67)30(4)58(6)37(52(54,55)56)18-19-76-36-23-43(65)60(46(36)66)26-31-12-14-33(15-13-31)48(68)75-61-40(62)16-17-41(61)63/h9-11,21-22,29-31,33,35-39,45,70H,12-20,23-26H2,1-8H3,(H,57,69)/b11-9+,27-10+/t29-,30+,31-,33-,35?,36?,37?,38-,39+,45+,50+,51+/m1/s1. The lowest BCUT2D eigenvalue weighted by molar-refractivity contribution is -0.201. The number of ether oxygens (including phenoxy) is 4. The van der Waals surface area contributed by atoms with E-state index in [0.29, 0.717) is 53.4 Å². The number of esters is 1. The number of anilines is 1. The van der Waals surface area contributed by atoms with Gasteiger partial charge in [0.25, 0.3) is 11.8 Å². The number of thioether (sulfide) groups is 1. The minimum absolute atomic E-state index is 0.0352. The number of methoxy groups -OCH3 is 1. The van der Waals surface area contributed by atoms with Gasteiger partial charge in [0, 0.05) is 52.3 Å². The van der Waals surface area contributed by atoms with Gasteiger partial charge in [0.05, 0.1) is 34.4 Å². The average Bonchev–Trinajstić information content (AvgIpc) is 3.88. The van der Waals surface area contributed by atoms with Crippen molar-refractivity contribution in [3.63, 3.8) is 0 Å². The van der Waals surface area contributed by atoms with Crippen molar-refractivity contribution in [3.05, 3.63) is 52.1 Å². The van der Waals surface area contributed by atoms with Crippen LogP contribution in [-0.2, 0) is 63.8 Å². The van der Waals surface area contributed by atoms with Crippen LogP contribution < -0.4 is 10.2 Å². The number of hydrogen-bond acceptors (Lipinski definition) is 16. The van der Waals surface area contributed by atoms with E-state index in [0.717, 1.165) is 39.7 Å². The Morgan fingerprint density at radius 2 is 1.70 bits per heavy atom. The molecule has 4 bridgehead atoms. The zero-order valence-corrected chi connectivity index (χ0v) is 45.4. The maximum atomic E-state index is 15.0. The lowest BCUT2D eigenvalue weighted by Gasteiger charge is -2.42. The largest absolute Gasteiger partial charge is 0.457 e. The first-order chi connectivity index (χ1) is 35.6. The number of alkyl carbamates (subject to hydrolysis) is 1. The molecule has 0 radical (unpaired) electrons. The molecule has 3 unspecified atom stereocenters. The number of allylic oxidation sites excluding steroid dienone is 3. The second kappa shape index (κ2) is 23.5. The lowest BCUT2D eigenvalue weighted by atomic mass is 9.82. The van der Waals surface area contributed by atoms with E-state index in [1.807, 2.05) is 19.1 Å². The summed E-state index contributed by atoms with van der Waals surface area (Å²) in [7, 11) is 4.00. The molecule has 6 amide bonds. The van der Waals surface area contributed by atoms with Crippen molar-refractivity contribution < 1.29 is 80.4 Å². The van der Waals surface area contributed by atoms with Gasteiger partial charge < -0.3 is 33.8 Å². The van der Waals surface area contributed by atoms with Crippen LogP contribution in [0.1, 0.15) is 103 Å². The maximum Gasteiger partial charge on any atom is 0.409 e. The first-order valence-corrected chi connectivity index (χ1v) is 26.9. The zero-order chi connectivity index (χ0) is 55.8. The topological polar surface area (TPSA) is 231 Å². The van der Waals surface area contributed by atoms with E-state index in [9.17, 15) is 56.6 Å². The fraction of sp³-hybridized carbons (Fsp3) is 0.654. The summed E-state index contributed by atoms with van der Waals surface area (Å²) in [4.78, 5) is 113. The number of nitrogens with one attached hydrogen (secondary N) is 1. The van der Waals surface area contributed by atoms with Crippen molar-refractivity contribution in [1.82, 2.24) is 20.2 Å². The Hall–Kier alpha value is -5.07. The number of benzene rings is 1. The minimum atomic E-state index is -4.87. The summed E-state index contributed by atoms with van der Waals surface area (Å²) < 4.78 is 68.5. The number of likely N-dealkylation sites (tertiary alicyclic amines) is 1. The van der Waals surface area contributed by atoms with Crippen molar-refractivity contribution in [2.45, 2.75) is 164 Å². The summed E-state index contributed by atoms with van der Waals surface area (Å²) in [6.45, 7) is 8.27. The summed E-state index contributed by atoms with van der Waals surface area (Å²) in [5, 5.41) is 14.2. The maximum absolute atomic E-state index is 15.0. The van der Waals surface area contributed by atoms with Crippen molar-refractivity contribution in [1.29, 1.82) is 0 Å². The van der Waals surface area contributed by atoms with E-state index in [1.165, 1.54) is 26.0 Å². The number of rotatable bonds is 13. The molecule has 6 aliphatic rings. The van der Waals surface area contributed by atoms with Crippen molar-refractivity contribution in [2.24, 2.45) is 17.8 Å². The van der Waals surface area contributed by atoms with E-state index >= 15 is 0 Å². The smallest absolute Gasteiger partial charge is 0.409 e. The van der Waals surface area contributed by atoms with Gasteiger partial charge in [-0.3, -0.25) is 43.9 Å². The molecule has 10 atom stereocenters. The Labute approximate surface area is 448 Å². The Balaban J connectivity index is 1.02. The van der Waals surface area contributed by atoms with Crippen LogP contribution >= 0.6 is 23.4 Å². The first-order valence-electron chi connectivity index (χ1n) is 25.5. The number of nitrogens with zero attached hydrogens (tertiary/aromatic N) is 4. The zero-order valence-electron chi connectivity index (χ0n) is 43.8. The summed E-state index contributed by atoms with van der Waals surface area (Å²) in [5.74, 6) is -6.18. The Kier molecular flexibility index (Phi) is 18.1. The number of epoxide rings is 1. The highest BCUT2D eigenvalue weighted by atomic mass is 35.5. The second-order valence-corrected chi connectivity index (χ2v) is 22.8. The number of aliphatic hydroxyl groups is 1. The Morgan fingerprint density at radius 1 is 1.03 bits per heavy atom. The molecule has 76 heavy (non-hydrogen) atoms. The third-order valence-electron chi connectivity index (χ3n) is 15.7. The molecular weight excluding hydrogens is 1040 g/mol. The van der Waals surface area contributed by atoms with E-state index in [1.54, 1.807) is 39.0 Å². The van der Waals surface area contributed by atoms with Gasteiger partial charge in [-0.15, -0.1) is 16.8 Å². The number of fused-ring (bicyclic) bond motifs is 5. The first kappa shape index (κ1) is 58.6. The van der Waals surface area contributed by atoms with Crippen LogP contribution in [0.2, 0.25) is 5.02 Å². The SMILES string of the molecule is CO[C@@H]1/C=C/C=C(\C)Cc2cc(C)c(Cl)c(c2)N(C)C(=O)C[C@H](OC(=O)[C@H](C)N(C)C(CCSC2CC(=O)N(C[C@H]3CC[C@H](C(=O)ON4C(=O)CCC4=O)CC3)C2=O)C(F)(F)F)[C@]2(C)O[C@H]2[C@H](C)C2C[C@@]1(O)NC(=O)O2. The number of likely N-dealkylation sites (N-methyl/N-ethyl adjacent to an activating group) is 1. The molecule has 418 valence electrons. The predicted molar refractivity (Wildman–Crippen MR) is 269 cm³/mol. The number of amides is 6. The number of aryl methyl sites for hydroxylation is 1. The highest BCUT2D eigenvalue weighted by Crippen LogP contribution is 2.49. The van der Waals surface area contributed by atoms with Crippen LogP contribution in [0, 0.1) is 24.7 Å². The quantitative estimate of drug-likeness (QED) is 0.133. The second-order valence-electron chi connectivity index (χ2n) is 21.1. The molecule has 1 saturated carbocycles. The highest BCUT2D eigenvalue weighted by Gasteiger charge is 2.65. The number of alkyl halides is 3. The molecule has 0 spiro atoms. The number of carbonyl (C=O) groups excluding carboxylic acids is 8. The van der Waals surface area contributed by atoms with Crippen LogP contribution in [-0.4, -0.2) is 160 Å². The highest BCUT2D eigenvalue weighted by molar-refractivity contribution is 8.00. The van der Waals surface area contributed by atoms with Gasteiger partial charge in [0.15, 0.2) is 5.72 Å². The fourth-order valence-corrected chi connectivity index (χ4v) is 12.3. The third kappa shape index (κ3) is 12.9. The molecule has 5 fully saturated rings. The molecule has 4 saturated heterocycles. The van der Waals surface area contributed by atoms with Gasteiger partial charge in [-0.05, 0) is 102 Å². The van der Waals surface area contributed by atoms with Crippen molar-refractivity contribution in [2.75, 3.05) is 38.4 Å². The molecule has 1 aromatic carbocycles. The summed E-state index contributed by atoms with van der Waals surface area (Å²) in [6.07, 6.45) is -4.46. The summed E-state index contributed by atoms with van der Waals surface area (Å²) in [6, 6.07) is -0.125. The fourth-order valence-electron chi connectivity index (χ4n) is 10.9. The Bertz CT molecular complexity index is 2510. The molecule has 7 rings (SSSR count). The molecular formula is C52H67ClF3N5O14S. The molecule has 19 nitrogen and oxygen atoms in total. The van der Waals surface area contributed by atoms with E-state index in [-0.39, 0.29) is 43.9 Å². The number of halogens is 4. The number of hydrogen-bond donors (Lipinski definition) is 2. The van der Waals surface area contributed by atoms with Crippen LogP contribution in [0.25, 0.3) is 0 Å². The van der Waals surface area contributed by atoms with Crippen LogP contribution in [0.5, 0.6) is 0 Å². The van der Waals surface area contributed by atoms with E-state index in [2.05, 4.69) is 5.32 Å². The summed E-state index contributed by atoms with van der Waals surface area (Å²) in [5.41, 5.74) is -0.653.